The third-order valence-corrected chi connectivity index (χ3v) is 4.50. The largest absolute Gasteiger partial charge is 0.418 e. The fraction of sp³-hybridized carbons (Fsp3) is 0.190. The molecule has 0 aliphatic rings. The first-order chi connectivity index (χ1) is 13.2. The van der Waals surface area contributed by atoms with E-state index in [0.717, 1.165) is 11.6 Å². The van der Waals surface area contributed by atoms with Crippen LogP contribution < -0.4 is 11.3 Å². The van der Waals surface area contributed by atoms with Gasteiger partial charge in [-0.05, 0) is 35.7 Å². The van der Waals surface area contributed by atoms with Crippen LogP contribution in [0.3, 0.4) is 0 Å². The van der Waals surface area contributed by atoms with Gasteiger partial charge in [0, 0.05) is 0 Å². The van der Waals surface area contributed by atoms with E-state index in [1.54, 1.807) is 42.5 Å². The Morgan fingerprint density at radius 3 is 2.25 bits per heavy atom. The van der Waals surface area contributed by atoms with Crippen LogP contribution in [-0.4, -0.2) is 9.67 Å². The zero-order valence-corrected chi connectivity index (χ0v) is 15.1. The van der Waals surface area contributed by atoms with E-state index in [1.807, 2.05) is 13.0 Å². The Morgan fingerprint density at radius 1 is 1.04 bits per heavy atom. The predicted octanol–water partition coefficient (Wildman–Crippen LogP) is 3.97. The number of benzene rings is 2. The first-order valence-corrected chi connectivity index (χ1v) is 8.57. The molecule has 3 aromatic rings. The minimum Gasteiger partial charge on any atom is -0.394 e. The number of aliphatic hydroxyl groups excluding tert-OH is 1. The monoisotopic (exact) mass is 388 g/mol. The topological polar surface area (TPSA) is 68.2 Å². The summed E-state index contributed by atoms with van der Waals surface area (Å²) in [5, 5.41) is 9.15. The maximum Gasteiger partial charge on any atom is 0.418 e. The molecule has 28 heavy (non-hydrogen) atoms. The second-order valence-corrected chi connectivity index (χ2v) is 6.59. The van der Waals surface area contributed by atoms with Crippen LogP contribution in [0.5, 0.6) is 0 Å². The van der Waals surface area contributed by atoms with Gasteiger partial charge in [-0.2, -0.15) is 13.2 Å². The molecule has 0 spiro atoms. The summed E-state index contributed by atoms with van der Waals surface area (Å²) in [4.78, 5) is 12.7. The van der Waals surface area contributed by atoms with Gasteiger partial charge < -0.3 is 15.4 Å². The normalized spacial score (nSPS) is 11.6. The van der Waals surface area contributed by atoms with Gasteiger partial charge in [-0.25, -0.2) is 0 Å². The van der Waals surface area contributed by atoms with Crippen LogP contribution in [0.2, 0.25) is 0 Å². The number of aryl methyl sites for hydroxylation is 1. The van der Waals surface area contributed by atoms with Crippen LogP contribution in [-0.2, 0) is 19.3 Å². The third kappa shape index (κ3) is 3.94. The van der Waals surface area contributed by atoms with E-state index in [0.29, 0.717) is 16.7 Å². The number of nitrogen functional groups attached to an aromatic ring is 1. The van der Waals surface area contributed by atoms with Gasteiger partial charge in [0.25, 0.3) is 5.56 Å². The standard InChI is InChI=1S/C21H19F3N2O2/c1-13-3-2-4-16(9-13)18-10-17(21(22,23)24)19(25)20(28)26(18)11-14-5-7-15(12-27)8-6-14/h2-10,27H,11-12,25H2,1H3. The summed E-state index contributed by atoms with van der Waals surface area (Å²) in [5.41, 5.74) is 5.60. The molecule has 0 atom stereocenters. The van der Waals surface area contributed by atoms with E-state index in [9.17, 15) is 18.0 Å². The van der Waals surface area contributed by atoms with E-state index in [-0.39, 0.29) is 18.8 Å². The molecule has 1 heterocycles. The van der Waals surface area contributed by atoms with Gasteiger partial charge in [0.05, 0.1) is 24.4 Å². The highest BCUT2D eigenvalue weighted by Crippen LogP contribution is 2.35. The van der Waals surface area contributed by atoms with Crippen molar-refractivity contribution >= 4 is 5.69 Å². The zero-order chi connectivity index (χ0) is 20.5. The lowest BCUT2D eigenvalue weighted by atomic mass is 10.0. The molecule has 0 fully saturated rings. The number of nitrogens with zero attached hydrogens (tertiary/aromatic N) is 1. The van der Waals surface area contributed by atoms with Gasteiger partial charge in [0.2, 0.25) is 0 Å². The Kier molecular flexibility index (Phi) is 5.29. The van der Waals surface area contributed by atoms with Crippen molar-refractivity contribution in [1.82, 2.24) is 4.57 Å². The van der Waals surface area contributed by atoms with E-state index >= 15 is 0 Å². The highest BCUT2D eigenvalue weighted by Gasteiger charge is 2.35. The molecule has 2 aromatic carbocycles. The minimum atomic E-state index is -4.73. The predicted molar refractivity (Wildman–Crippen MR) is 102 cm³/mol. The van der Waals surface area contributed by atoms with Crippen LogP contribution in [0.15, 0.2) is 59.4 Å². The lowest BCUT2D eigenvalue weighted by Gasteiger charge is -2.18. The fourth-order valence-corrected chi connectivity index (χ4v) is 3.03. The quantitative estimate of drug-likeness (QED) is 0.711. The van der Waals surface area contributed by atoms with Crippen molar-refractivity contribution in [2.24, 2.45) is 0 Å². The minimum absolute atomic E-state index is 0.0517. The number of rotatable bonds is 4. The Morgan fingerprint density at radius 2 is 1.68 bits per heavy atom. The molecule has 0 saturated carbocycles. The second-order valence-electron chi connectivity index (χ2n) is 6.59. The summed E-state index contributed by atoms with van der Waals surface area (Å²) in [6, 6.07) is 14.7. The van der Waals surface area contributed by atoms with Gasteiger partial charge >= 0.3 is 6.18 Å². The number of hydrogen-bond acceptors (Lipinski definition) is 3. The number of aromatic nitrogens is 1. The molecule has 3 N–H and O–H groups in total. The molecule has 3 rings (SSSR count). The maximum atomic E-state index is 13.4. The van der Waals surface area contributed by atoms with Crippen molar-refractivity contribution in [3.63, 3.8) is 0 Å². The molecule has 1 aromatic heterocycles. The smallest absolute Gasteiger partial charge is 0.394 e. The molecular formula is C21H19F3N2O2. The highest BCUT2D eigenvalue weighted by atomic mass is 19.4. The molecule has 0 bridgehead atoms. The van der Waals surface area contributed by atoms with Crippen LogP contribution in [0.25, 0.3) is 11.3 Å². The Bertz CT molecular complexity index is 1050. The summed E-state index contributed by atoms with van der Waals surface area (Å²) in [6.45, 7) is 1.75. The van der Waals surface area contributed by atoms with Crippen molar-refractivity contribution in [2.75, 3.05) is 5.73 Å². The second kappa shape index (κ2) is 7.52. The number of pyridine rings is 1. The van der Waals surface area contributed by atoms with E-state index in [2.05, 4.69) is 0 Å². The average molecular weight is 388 g/mol. The van der Waals surface area contributed by atoms with Crippen molar-refractivity contribution in [3.05, 3.63) is 87.2 Å². The molecular weight excluding hydrogens is 369 g/mol. The molecule has 0 saturated heterocycles. The zero-order valence-electron chi connectivity index (χ0n) is 15.1. The van der Waals surface area contributed by atoms with Gasteiger partial charge in [-0.15, -0.1) is 0 Å². The van der Waals surface area contributed by atoms with E-state index in [4.69, 9.17) is 10.8 Å². The van der Waals surface area contributed by atoms with Crippen molar-refractivity contribution in [2.45, 2.75) is 26.3 Å². The lowest BCUT2D eigenvalue weighted by Crippen LogP contribution is -2.28. The molecule has 0 amide bonds. The average Bonchev–Trinajstić information content (AvgIpc) is 2.65. The number of nitrogens with two attached hydrogens (primary N) is 1. The number of aliphatic hydroxyl groups is 1. The van der Waals surface area contributed by atoms with Gasteiger partial charge in [0.15, 0.2) is 0 Å². The fourth-order valence-electron chi connectivity index (χ4n) is 3.03. The molecule has 4 nitrogen and oxygen atoms in total. The van der Waals surface area contributed by atoms with Crippen LogP contribution in [0.4, 0.5) is 18.9 Å². The summed E-state index contributed by atoms with van der Waals surface area (Å²) >= 11 is 0. The highest BCUT2D eigenvalue weighted by molar-refractivity contribution is 5.65. The van der Waals surface area contributed by atoms with Crippen molar-refractivity contribution < 1.29 is 18.3 Å². The van der Waals surface area contributed by atoms with Crippen molar-refractivity contribution in [3.8, 4) is 11.3 Å². The van der Waals surface area contributed by atoms with Crippen LogP contribution in [0, 0.1) is 6.92 Å². The molecule has 146 valence electrons. The first-order valence-electron chi connectivity index (χ1n) is 8.57. The summed E-state index contributed by atoms with van der Waals surface area (Å²) < 4.78 is 41.4. The van der Waals surface area contributed by atoms with Crippen molar-refractivity contribution in [1.29, 1.82) is 0 Å². The molecule has 0 unspecified atom stereocenters. The van der Waals surface area contributed by atoms with Gasteiger partial charge in [-0.3, -0.25) is 4.79 Å². The number of hydrogen-bond donors (Lipinski definition) is 2. The summed E-state index contributed by atoms with van der Waals surface area (Å²) in [5.74, 6) is 0. The third-order valence-electron chi connectivity index (χ3n) is 4.50. The van der Waals surface area contributed by atoms with E-state index in [1.165, 1.54) is 4.57 Å². The van der Waals surface area contributed by atoms with E-state index < -0.39 is 23.0 Å². The SMILES string of the molecule is Cc1cccc(-c2cc(C(F)(F)F)c(N)c(=O)n2Cc2ccc(CO)cc2)c1. The van der Waals surface area contributed by atoms with Crippen LogP contribution in [0.1, 0.15) is 22.3 Å². The van der Waals surface area contributed by atoms with Gasteiger partial charge in [0.1, 0.15) is 5.69 Å². The number of anilines is 1. The van der Waals surface area contributed by atoms with Gasteiger partial charge in [-0.1, -0.05) is 48.0 Å². The Balaban J connectivity index is 2.21. The Hall–Kier alpha value is -3.06. The molecule has 0 radical (unpaired) electrons. The molecule has 7 heteroatoms. The lowest BCUT2D eigenvalue weighted by molar-refractivity contribution is -0.137. The maximum absolute atomic E-state index is 13.4. The first kappa shape index (κ1) is 19.7. The van der Waals surface area contributed by atoms with Crippen LogP contribution >= 0.6 is 0 Å². The summed E-state index contributed by atoms with van der Waals surface area (Å²) in [6.07, 6.45) is -4.73. The summed E-state index contributed by atoms with van der Waals surface area (Å²) in [7, 11) is 0. The Labute approximate surface area is 159 Å². The number of halogens is 3. The molecule has 0 aliphatic heterocycles. The number of alkyl halides is 3. The molecule has 0 aliphatic carbocycles.